The number of piperazine rings is 1. The molecule has 0 bridgehead atoms. The van der Waals surface area contributed by atoms with Crippen molar-refractivity contribution < 1.29 is 14.3 Å². The first-order valence-corrected chi connectivity index (χ1v) is 14.7. The van der Waals surface area contributed by atoms with E-state index in [2.05, 4.69) is 44.4 Å². The van der Waals surface area contributed by atoms with Crippen molar-refractivity contribution in [1.82, 2.24) is 29.5 Å². The van der Waals surface area contributed by atoms with Crippen molar-refractivity contribution in [2.24, 2.45) is 7.05 Å². The lowest BCUT2D eigenvalue weighted by atomic mass is 9.99. The van der Waals surface area contributed by atoms with E-state index in [0.717, 1.165) is 43.0 Å². The fourth-order valence-electron chi connectivity index (χ4n) is 5.93. The largest absolute Gasteiger partial charge is 0.443 e. The quantitative estimate of drug-likeness (QED) is 0.484. The number of aryl methyl sites for hydroxylation is 1. The summed E-state index contributed by atoms with van der Waals surface area (Å²) < 4.78 is 7.31. The van der Waals surface area contributed by atoms with Gasteiger partial charge in [-0.15, -0.1) is 0 Å². The van der Waals surface area contributed by atoms with E-state index in [-0.39, 0.29) is 12.1 Å². The number of hydrogen-bond acceptors (Lipinski definition) is 9. The van der Waals surface area contributed by atoms with Gasteiger partial charge in [-0.05, 0) is 58.5 Å². The third-order valence-corrected chi connectivity index (χ3v) is 8.19. The van der Waals surface area contributed by atoms with Crippen LogP contribution in [0.5, 0.6) is 0 Å². The molecule has 1 saturated heterocycles. The summed E-state index contributed by atoms with van der Waals surface area (Å²) in [5.74, 6) is 1.64. The number of fused-ring (bicyclic) bond motifs is 2. The van der Waals surface area contributed by atoms with Gasteiger partial charge in [0, 0.05) is 75.5 Å². The SMILES string of the molecule is CN1CCN(c2ccc(Nc3ncc4c(n3)N(C)C(=O)N(C3CCN(C(=O)OC(C)(C)C)c5c3cnn5C)C4)cc2)CC1. The molecule has 3 aliphatic rings. The lowest BCUT2D eigenvalue weighted by molar-refractivity contribution is 0.0569. The Bertz CT molecular complexity index is 1510. The molecule has 3 amide bonds. The third-order valence-electron chi connectivity index (χ3n) is 8.19. The van der Waals surface area contributed by atoms with Gasteiger partial charge in [0.05, 0.1) is 18.8 Å². The highest BCUT2D eigenvalue weighted by Gasteiger charge is 2.41. The molecule has 1 atom stereocenters. The second-order valence-electron chi connectivity index (χ2n) is 12.5. The van der Waals surface area contributed by atoms with Crippen LogP contribution >= 0.6 is 0 Å². The highest BCUT2D eigenvalue weighted by molar-refractivity contribution is 5.94. The molecule has 1 aromatic carbocycles. The van der Waals surface area contributed by atoms with Gasteiger partial charge in [0.15, 0.2) is 0 Å². The maximum atomic E-state index is 13.7. The van der Waals surface area contributed by atoms with Gasteiger partial charge in [0.2, 0.25) is 5.95 Å². The second kappa shape index (κ2) is 11.0. The van der Waals surface area contributed by atoms with Crippen LogP contribution in [-0.4, -0.2) is 94.1 Å². The molecule has 43 heavy (non-hydrogen) atoms. The van der Waals surface area contributed by atoms with Crippen molar-refractivity contribution in [3.8, 4) is 0 Å². The highest BCUT2D eigenvalue weighted by Crippen LogP contribution is 2.41. The van der Waals surface area contributed by atoms with E-state index >= 15 is 0 Å². The van der Waals surface area contributed by atoms with Crippen LogP contribution in [0.15, 0.2) is 36.7 Å². The van der Waals surface area contributed by atoms with Gasteiger partial charge in [0.25, 0.3) is 0 Å². The van der Waals surface area contributed by atoms with Crippen LogP contribution in [0.2, 0.25) is 0 Å². The normalized spacial score (nSPS) is 19.3. The number of hydrogen-bond donors (Lipinski definition) is 1. The summed E-state index contributed by atoms with van der Waals surface area (Å²) in [6.45, 7) is 10.4. The molecule has 1 unspecified atom stereocenters. The van der Waals surface area contributed by atoms with Crippen molar-refractivity contribution >= 4 is 41.1 Å². The summed E-state index contributed by atoms with van der Waals surface area (Å²) in [7, 11) is 5.68. The number of rotatable bonds is 4. The van der Waals surface area contributed by atoms with E-state index in [0.29, 0.717) is 37.1 Å². The number of carbonyl (C=O) groups excluding carboxylic acids is 2. The molecule has 0 spiro atoms. The number of amides is 3. The number of nitrogens with one attached hydrogen (secondary N) is 1. The molecule has 3 aliphatic heterocycles. The van der Waals surface area contributed by atoms with E-state index < -0.39 is 11.7 Å². The van der Waals surface area contributed by atoms with Crippen molar-refractivity contribution in [3.63, 3.8) is 0 Å². The highest BCUT2D eigenvalue weighted by atomic mass is 16.6. The first kappa shape index (κ1) is 28.7. The van der Waals surface area contributed by atoms with Crippen LogP contribution in [0, 0.1) is 0 Å². The first-order valence-electron chi connectivity index (χ1n) is 14.7. The van der Waals surface area contributed by atoms with E-state index in [1.54, 1.807) is 41.0 Å². The van der Waals surface area contributed by atoms with Crippen LogP contribution in [0.4, 0.5) is 38.5 Å². The number of aromatic nitrogens is 4. The summed E-state index contributed by atoms with van der Waals surface area (Å²) in [4.78, 5) is 45.7. The monoisotopic (exact) mass is 588 g/mol. The lowest BCUT2D eigenvalue weighted by Gasteiger charge is -2.42. The Morgan fingerprint density at radius 3 is 2.42 bits per heavy atom. The smallest absolute Gasteiger partial charge is 0.416 e. The Kier molecular flexibility index (Phi) is 7.36. The number of likely N-dealkylation sites (N-methyl/N-ethyl adjacent to an activating group) is 1. The number of urea groups is 1. The van der Waals surface area contributed by atoms with Gasteiger partial charge in [0.1, 0.15) is 17.2 Å². The zero-order valence-corrected chi connectivity index (χ0v) is 25.7. The van der Waals surface area contributed by atoms with Crippen LogP contribution in [0.1, 0.15) is 44.4 Å². The summed E-state index contributed by atoms with van der Waals surface area (Å²) in [6, 6.07) is 7.85. The molecule has 5 heterocycles. The average molecular weight is 589 g/mol. The summed E-state index contributed by atoms with van der Waals surface area (Å²) in [5, 5.41) is 7.71. The third kappa shape index (κ3) is 5.68. The average Bonchev–Trinajstić information content (AvgIpc) is 3.36. The zero-order valence-electron chi connectivity index (χ0n) is 25.7. The Morgan fingerprint density at radius 2 is 1.72 bits per heavy atom. The van der Waals surface area contributed by atoms with Gasteiger partial charge in [-0.1, -0.05) is 0 Å². The number of nitrogens with zero attached hydrogens (tertiary/aromatic N) is 9. The molecule has 3 aromatic rings. The predicted molar refractivity (Wildman–Crippen MR) is 165 cm³/mol. The second-order valence-corrected chi connectivity index (χ2v) is 12.5. The Labute approximate surface area is 252 Å². The van der Waals surface area contributed by atoms with E-state index in [4.69, 9.17) is 9.72 Å². The van der Waals surface area contributed by atoms with Gasteiger partial charge in [-0.2, -0.15) is 10.1 Å². The summed E-state index contributed by atoms with van der Waals surface area (Å²) in [6.07, 6.45) is 3.64. The fourth-order valence-corrected chi connectivity index (χ4v) is 5.93. The number of ether oxygens (including phenoxy) is 1. The maximum Gasteiger partial charge on any atom is 0.416 e. The Hall–Kier alpha value is -4.39. The van der Waals surface area contributed by atoms with Gasteiger partial charge < -0.3 is 24.8 Å². The summed E-state index contributed by atoms with van der Waals surface area (Å²) >= 11 is 0. The molecule has 13 nitrogen and oxygen atoms in total. The standard InChI is InChI=1S/C30H40N10O3/c1-30(2,3)43-29(42)39-12-11-24(23-18-32-37(6)26(23)39)40-19-20-17-31-27(34-25(20)36(5)28(40)41)33-21-7-9-22(10-8-21)38-15-13-35(4)14-16-38/h7-10,17-18,24H,11-16,19H2,1-6H3,(H,31,33,34). The molecule has 13 heteroatoms. The minimum Gasteiger partial charge on any atom is -0.443 e. The van der Waals surface area contributed by atoms with Gasteiger partial charge in [-0.25, -0.2) is 14.6 Å². The van der Waals surface area contributed by atoms with Crippen LogP contribution in [0.25, 0.3) is 0 Å². The first-order chi connectivity index (χ1) is 20.5. The molecule has 0 saturated carbocycles. The topological polar surface area (TPSA) is 115 Å². The molecular formula is C30H40N10O3. The molecule has 6 rings (SSSR count). The number of carbonyl (C=O) groups is 2. The lowest BCUT2D eigenvalue weighted by Crippen LogP contribution is -2.50. The van der Waals surface area contributed by atoms with E-state index in [1.807, 2.05) is 37.8 Å². The van der Waals surface area contributed by atoms with Crippen molar-refractivity contribution in [2.45, 2.75) is 45.4 Å². The molecular weight excluding hydrogens is 548 g/mol. The predicted octanol–water partition coefficient (Wildman–Crippen LogP) is 3.96. The van der Waals surface area contributed by atoms with Gasteiger partial charge >= 0.3 is 12.1 Å². The Balaban J connectivity index is 1.18. The fraction of sp³-hybridized carbons (Fsp3) is 0.500. The molecule has 1 fully saturated rings. The minimum absolute atomic E-state index is 0.167. The molecule has 0 aliphatic carbocycles. The zero-order chi connectivity index (χ0) is 30.5. The number of benzene rings is 1. The molecule has 0 radical (unpaired) electrons. The molecule has 228 valence electrons. The van der Waals surface area contributed by atoms with Crippen molar-refractivity contribution in [2.75, 3.05) is 66.8 Å². The van der Waals surface area contributed by atoms with E-state index in [1.165, 1.54) is 5.69 Å². The minimum atomic E-state index is -0.621. The van der Waals surface area contributed by atoms with Crippen molar-refractivity contribution in [1.29, 1.82) is 0 Å². The summed E-state index contributed by atoms with van der Waals surface area (Å²) in [5.41, 5.74) is 3.11. The van der Waals surface area contributed by atoms with Gasteiger partial charge in [-0.3, -0.25) is 14.5 Å². The number of anilines is 5. The maximum absolute atomic E-state index is 13.7. The van der Waals surface area contributed by atoms with E-state index in [9.17, 15) is 9.59 Å². The molecule has 1 N–H and O–H groups in total. The van der Waals surface area contributed by atoms with Crippen molar-refractivity contribution in [3.05, 3.63) is 47.8 Å². The van der Waals surface area contributed by atoms with Crippen LogP contribution < -0.4 is 20.0 Å². The molecule has 2 aromatic heterocycles. The van der Waals surface area contributed by atoms with Crippen LogP contribution in [0.3, 0.4) is 0 Å². The van der Waals surface area contributed by atoms with Crippen LogP contribution in [-0.2, 0) is 18.3 Å². The Morgan fingerprint density at radius 1 is 1.00 bits per heavy atom.